The first-order valence-corrected chi connectivity index (χ1v) is 11.2. The summed E-state index contributed by atoms with van der Waals surface area (Å²) in [5, 5.41) is 21.2. The van der Waals surface area contributed by atoms with Gasteiger partial charge in [-0.3, -0.25) is 14.9 Å². The molecule has 10 heteroatoms. The molecule has 0 N–H and O–H groups in total. The highest BCUT2D eigenvalue weighted by Crippen LogP contribution is 2.55. The van der Waals surface area contributed by atoms with Gasteiger partial charge in [0.15, 0.2) is 17.3 Å². The third-order valence-corrected chi connectivity index (χ3v) is 6.17. The lowest BCUT2D eigenvalue weighted by atomic mass is 10.1. The van der Waals surface area contributed by atoms with Gasteiger partial charge < -0.3 is 14.2 Å². The molecular weight excluding hydrogens is 491 g/mol. The number of carbonyl (C=O) groups is 1. The molecule has 4 rings (SSSR count). The highest BCUT2D eigenvalue weighted by Gasteiger charge is 2.66. The number of hydrogen-bond acceptors (Lipinski definition) is 7. The minimum Gasteiger partial charge on any atom is -0.482 e. The fourth-order valence-corrected chi connectivity index (χ4v) is 4.01. The van der Waals surface area contributed by atoms with Crippen molar-refractivity contribution in [1.82, 2.24) is 0 Å². The fraction of sp³-hybridized carbons (Fsp3) is 0.231. The van der Waals surface area contributed by atoms with E-state index in [4.69, 9.17) is 25.8 Å². The van der Waals surface area contributed by atoms with Gasteiger partial charge in [-0.05, 0) is 36.4 Å². The molecule has 36 heavy (non-hydrogen) atoms. The molecule has 0 amide bonds. The molecule has 0 aromatic heterocycles. The number of nitro groups is 1. The molecule has 0 saturated heterocycles. The lowest BCUT2D eigenvalue weighted by Crippen LogP contribution is -2.16. The first-order valence-electron chi connectivity index (χ1n) is 10.8. The van der Waals surface area contributed by atoms with Gasteiger partial charge in [0, 0.05) is 22.1 Å². The first-order chi connectivity index (χ1) is 17.1. The second-order valence-electron chi connectivity index (χ2n) is 8.76. The summed E-state index contributed by atoms with van der Waals surface area (Å²) in [4.78, 5) is 23.7. The summed E-state index contributed by atoms with van der Waals surface area (Å²) in [6.07, 6.45) is -2.06. The van der Waals surface area contributed by atoms with Gasteiger partial charge in [-0.25, -0.2) is 4.39 Å². The summed E-state index contributed by atoms with van der Waals surface area (Å²) in [6, 6.07) is 18.2. The van der Waals surface area contributed by atoms with Gasteiger partial charge >= 0.3 is 11.7 Å². The Labute approximate surface area is 210 Å². The Hall–Kier alpha value is -4.16. The second kappa shape index (κ2) is 9.84. The number of rotatable bonds is 8. The van der Waals surface area contributed by atoms with Gasteiger partial charge in [-0.2, -0.15) is 5.26 Å². The molecule has 3 unspecified atom stereocenters. The zero-order chi connectivity index (χ0) is 26.0. The molecule has 1 aliphatic carbocycles. The van der Waals surface area contributed by atoms with Crippen LogP contribution in [0.15, 0.2) is 66.7 Å². The summed E-state index contributed by atoms with van der Waals surface area (Å²) in [6.45, 7) is 3.49. The van der Waals surface area contributed by atoms with E-state index in [-0.39, 0.29) is 27.8 Å². The van der Waals surface area contributed by atoms with Crippen molar-refractivity contribution < 1.29 is 28.3 Å². The van der Waals surface area contributed by atoms with E-state index < -0.39 is 40.3 Å². The Morgan fingerprint density at radius 2 is 1.86 bits per heavy atom. The van der Waals surface area contributed by atoms with E-state index in [2.05, 4.69) is 0 Å². The predicted octanol–water partition coefficient (Wildman–Crippen LogP) is 6.39. The normalized spacial score (nSPS) is 18.4. The molecule has 184 valence electrons. The largest absolute Gasteiger partial charge is 0.482 e. The van der Waals surface area contributed by atoms with Crippen molar-refractivity contribution in [2.75, 3.05) is 0 Å². The Morgan fingerprint density at radius 1 is 1.14 bits per heavy atom. The molecule has 3 aromatic rings. The lowest BCUT2D eigenvalue weighted by Gasteiger charge is -2.14. The lowest BCUT2D eigenvalue weighted by molar-refractivity contribution is -0.386. The van der Waals surface area contributed by atoms with Crippen LogP contribution in [0.4, 0.5) is 10.1 Å². The molecule has 0 heterocycles. The quantitative estimate of drug-likeness (QED) is 0.196. The van der Waals surface area contributed by atoms with Crippen molar-refractivity contribution in [1.29, 1.82) is 5.26 Å². The molecule has 0 aliphatic heterocycles. The van der Waals surface area contributed by atoms with E-state index in [1.54, 1.807) is 44.2 Å². The number of hydrogen-bond donors (Lipinski definition) is 0. The van der Waals surface area contributed by atoms with Crippen LogP contribution in [-0.2, 0) is 9.53 Å². The van der Waals surface area contributed by atoms with Crippen LogP contribution in [0, 0.1) is 38.6 Å². The van der Waals surface area contributed by atoms with E-state index in [1.807, 2.05) is 6.07 Å². The zero-order valence-electron chi connectivity index (χ0n) is 19.2. The minimum absolute atomic E-state index is 0.0316. The van der Waals surface area contributed by atoms with Crippen LogP contribution in [0.3, 0.4) is 0 Å². The van der Waals surface area contributed by atoms with Gasteiger partial charge in [0.2, 0.25) is 6.10 Å². The van der Waals surface area contributed by atoms with E-state index >= 15 is 0 Å². The zero-order valence-corrected chi connectivity index (χ0v) is 19.9. The first kappa shape index (κ1) is 24.9. The van der Waals surface area contributed by atoms with Gasteiger partial charge in [-0.15, -0.1) is 0 Å². The number of halogens is 2. The van der Waals surface area contributed by atoms with E-state index in [1.165, 1.54) is 24.3 Å². The summed E-state index contributed by atoms with van der Waals surface area (Å²) < 4.78 is 31.1. The van der Waals surface area contributed by atoms with Crippen LogP contribution in [0.2, 0.25) is 5.02 Å². The van der Waals surface area contributed by atoms with Crippen LogP contribution in [0.25, 0.3) is 0 Å². The second-order valence-corrected chi connectivity index (χ2v) is 9.19. The third kappa shape index (κ3) is 5.09. The van der Waals surface area contributed by atoms with Crippen molar-refractivity contribution in [2.45, 2.75) is 26.1 Å². The van der Waals surface area contributed by atoms with E-state index in [0.29, 0.717) is 5.75 Å². The number of esters is 1. The average molecular weight is 511 g/mol. The molecule has 0 radical (unpaired) electrons. The molecule has 1 saturated carbocycles. The van der Waals surface area contributed by atoms with Crippen LogP contribution < -0.4 is 9.47 Å². The summed E-state index contributed by atoms with van der Waals surface area (Å²) in [7, 11) is 0. The van der Waals surface area contributed by atoms with E-state index in [0.717, 1.165) is 12.1 Å². The number of nitrogens with zero attached hydrogens (tertiary/aromatic N) is 2. The number of carbonyl (C=O) groups excluding carboxylic acids is 1. The van der Waals surface area contributed by atoms with Crippen LogP contribution in [0.1, 0.15) is 25.5 Å². The molecule has 1 fully saturated rings. The van der Waals surface area contributed by atoms with Crippen molar-refractivity contribution in [2.24, 2.45) is 11.3 Å². The highest BCUT2D eigenvalue weighted by atomic mass is 35.5. The number of benzene rings is 3. The van der Waals surface area contributed by atoms with Gasteiger partial charge in [-0.1, -0.05) is 49.7 Å². The molecular formula is C26H20ClFN2O6. The van der Waals surface area contributed by atoms with Crippen LogP contribution in [-0.4, -0.2) is 17.0 Å². The molecule has 8 nitrogen and oxygen atoms in total. The van der Waals surface area contributed by atoms with Crippen LogP contribution in [0.5, 0.6) is 17.2 Å². The Kier molecular flexibility index (Phi) is 6.82. The van der Waals surface area contributed by atoms with Crippen molar-refractivity contribution in [3.05, 3.63) is 93.2 Å². The topological polar surface area (TPSA) is 112 Å². The summed E-state index contributed by atoms with van der Waals surface area (Å²) in [5.74, 6) is -1.91. The molecule has 3 atom stereocenters. The molecule has 1 aliphatic rings. The van der Waals surface area contributed by atoms with Crippen molar-refractivity contribution >= 4 is 23.3 Å². The fourth-order valence-electron chi connectivity index (χ4n) is 3.84. The number of ether oxygens (including phenoxy) is 3. The predicted molar refractivity (Wildman–Crippen MR) is 127 cm³/mol. The standard InChI is InChI=1S/C26H20ClFN2O6/c1-26(2)23(24(26)35-20-11-9-16(27)13-19(20)30(32)33)25(31)36-22(14-29)15-8-10-18(28)21(12-15)34-17-6-4-3-5-7-17/h3-13,22-24H,1-2H3. The molecule has 0 spiro atoms. The average Bonchev–Trinajstić information content (AvgIpc) is 3.40. The van der Waals surface area contributed by atoms with Crippen molar-refractivity contribution in [3.8, 4) is 23.3 Å². The SMILES string of the molecule is CC1(C)C(Oc2ccc(Cl)cc2[N+](=O)[O-])C1C(=O)OC(C#N)c1ccc(F)c(Oc2ccccc2)c1. The summed E-state index contributed by atoms with van der Waals surface area (Å²) >= 11 is 5.85. The van der Waals surface area contributed by atoms with Crippen LogP contribution >= 0.6 is 11.6 Å². The van der Waals surface area contributed by atoms with E-state index in [9.17, 15) is 24.6 Å². The minimum atomic E-state index is -1.34. The third-order valence-electron chi connectivity index (χ3n) is 5.93. The monoisotopic (exact) mass is 510 g/mol. The van der Waals surface area contributed by atoms with Crippen molar-refractivity contribution in [3.63, 3.8) is 0 Å². The Balaban J connectivity index is 1.49. The number of para-hydroxylation sites is 1. The maximum atomic E-state index is 14.3. The molecule has 0 bridgehead atoms. The smallest absolute Gasteiger partial charge is 0.315 e. The van der Waals surface area contributed by atoms with Gasteiger partial charge in [0.1, 0.15) is 23.8 Å². The van der Waals surface area contributed by atoms with Gasteiger partial charge in [0.25, 0.3) is 0 Å². The number of nitriles is 1. The Bertz CT molecular complexity index is 1360. The Morgan fingerprint density at radius 3 is 2.53 bits per heavy atom. The molecule has 3 aromatic carbocycles. The maximum Gasteiger partial charge on any atom is 0.315 e. The maximum absolute atomic E-state index is 14.3. The van der Waals surface area contributed by atoms with Gasteiger partial charge in [0.05, 0.1) is 4.92 Å². The summed E-state index contributed by atoms with van der Waals surface area (Å²) in [5.41, 5.74) is -0.818. The number of nitro benzene ring substituents is 1. The highest BCUT2D eigenvalue weighted by molar-refractivity contribution is 6.30.